The third-order valence-electron chi connectivity index (χ3n) is 4.49. The number of anilines is 1. The summed E-state index contributed by atoms with van der Waals surface area (Å²) in [5, 5.41) is -0.350. The van der Waals surface area contributed by atoms with Crippen molar-refractivity contribution in [1.29, 1.82) is 0 Å². The molecule has 3 rings (SSSR count). The molecule has 6 nitrogen and oxygen atoms in total. The average molecular weight is 339 g/mol. The standard InChI is InChI=1S/C16H25N3O3S/c20-23(21,16-13-22-14-16)17-7-4-8-18-9-11-19(12-10-18)15-5-2-1-3-6-15/h1-3,5-6,16-17H,4,7-14H2. The Labute approximate surface area is 138 Å². The fourth-order valence-corrected chi connectivity index (χ4v) is 4.11. The number of benzene rings is 1. The fraction of sp³-hybridized carbons (Fsp3) is 0.625. The number of nitrogens with zero attached hydrogens (tertiary/aromatic N) is 2. The molecule has 2 saturated heterocycles. The van der Waals surface area contributed by atoms with Crippen LogP contribution < -0.4 is 9.62 Å². The minimum Gasteiger partial charge on any atom is -0.378 e. The summed E-state index contributed by atoms with van der Waals surface area (Å²) in [5.41, 5.74) is 1.28. The minimum absolute atomic E-state index is 0.330. The molecule has 2 fully saturated rings. The van der Waals surface area contributed by atoms with Crippen molar-refractivity contribution in [3.63, 3.8) is 0 Å². The zero-order valence-electron chi connectivity index (χ0n) is 13.4. The van der Waals surface area contributed by atoms with Gasteiger partial charge >= 0.3 is 0 Å². The predicted molar refractivity (Wildman–Crippen MR) is 91.2 cm³/mol. The molecule has 2 aliphatic rings. The molecule has 0 atom stereocenters. The number of ether oxygens (including phenoxy) is 1. The van der Waals surface area contributed by atoms with Gasteiger partial charge in [0, 0.05) is 38.4 Å². The highest BCUT2D eigenvalue weighted by Crippen LogP contribution is 2.15. The Morgan fingerprint density at radius 2 is 1.78 bits per heavy atom. The normalized spacial score (nSPS) is 20.4. The van der Waals surface area contributed by atoms with Crippen molar-refractivity contribution in [1.82, 2.24) is 9.62 Å². The van der Waals surface area contributed by atoms with E-state index >= 15 is 0 Å². The Bertz CT molecular complexity index is 582. The van der Waals surface area contributed by atoms with Gasteiger partial charge in [0.2, 0.25) is 10.0 Å². The van der Waals surface area contributed by atoms with Crippen LogP contribution in [0.1, 0.15) is 6.42 Å². The second kappa shape index (κ2) is 7.61. The largest absolute Gasteiger partial charge is 0.378 e. The SMILES string of the molecule is O=S(=O)(NCCCN1CCN(c2ccccc2)CC1)C1COC1. The van der Waals surface area contributed by atoms with Crippen molar-refractivity contribution in [2.45, 2.75) is 11.7 Å². The Morgan fingerprint density at radius 3 is 2.39 bits per heavy atom. The van der Waals surface area contributed by atoms with Gasteiger partial charge in [0.05, 0.1) is 13.2 Å². The van der Waals surface area contributed by atoms with Gasteiger partial charge in [0.25, 0.3) is 0 Å². The van der Waals surface area contributed by atoms with E-state index in [4.69, 9.17) is 4.74 Å². The smallest absolute Gasteiger partial charge is 0.219 e. The summed E-state index contributed by atoms with van der Waals surface area (Å²) in [7, 11) is -3.17. The van der Waals surface area contributed by atoms with Crippen LogP contribution in [0.2, 0.25) is 0 Å². The van der Waals surface area contributed by atoms with Crippen molar-refractivity contribution in [2.24, 2.45) is 0 Å². The topological polar surface area (TPSA) is 61.9 Å². The molecule has 0 radical (unpaired) electrons. The predicted octanol–water partition coefficient (Wildman–Crippen LogP) is 0.517. The van der Waals surface area contributed by atoms with Gasteiger partial charge in [0.15, 0.2) is 0 Å². The molecule has 2 aliphatic heterocycles. The van der Waals surface area contributed by atoms with E-state index < -0.39 is 10.0 Å². The second-order valence-corrected chi connectivity index (χ2v) is 8.16. The Morgan fingerprint density at radius 1 is 1.09 bits per heavy atom. The first-order chi connectivity index (χ1) is 11.1. The third-order valence-corrected chi connectivity index (χ3v) is 6.25. The first kappa shape index (κ1) is 16.7. The van der Waals surface area contributed by atoms with Gasteiger partial charge in [0.1, 0.15) is 5.25 Å². The summed E-state index contributed by atoms with van der Waals surface area (Å²) in [6.07, 6.45) is 0.845. The molecule has 0 amide bonds. The van der Waals surface area contributed by atoms with Gasteiger partial charge in [-0.15, -0.1) is 0 Å². The Kier molecular flexibility index (Phi) is 5.53. The lowest BCUT2D eigenvalue weighted by Crippen LogP contribution is -2.48. The molecular formula is C16H25N3O3S. The molecule has 0 saturated carbocycles. The highest BCUT2D eigenvalue weighted by molar-refractivity contribution is 7.90. The zero-order chi connectivity index (χ0) is 16.1. The maximum absolute atomic E-state index is 11.9. The van der Waals surface area contributed by atoms with Crippen LogP contribution in [0.3, 0.4) is 0 Å². The maximum atomic E-state index is 11.9. The van der Waals surface area contributed by atoms with E-state index in [2.05, 4.69) is 38.8 Å². The second-order valence-electron chi connectivity index (χ2n) is 6.12. The van der Waals surface area contributed by atoms with Crippen LogP contribution >= 0.6 is 0 Å². The van der Waals surface area contributed by atoms with Crippen LogP contribution in [-0.2, 0) is 14.8 Å². The molecule has 0 aliphatic carbocycles. The summed E-state index contributed by atoms with van der Waals surface area (Å²) in [6, 6.07) is 10.5. The van der Waals surface area contributed by atoms with Crippen LogP contribution in [0.4, 0.5) is 5.69 Å². The van der Waals surface area contributed by atoms with Crippen LogP contribution in [0.15, 0.2) is 30.3 Å². The number of hydrogen-bond donors (Lipinski definition) is 1. The van der Waals surface area contributed by atoms with Gasteiger partial charge in [-0.3, -0.25) is 4.90 Å². The van der Waals surface area contributed by atoms with Crippen molar-refractivity contribution < 1.29 is 13.2 Å². The molecule has 0 bridgehead atoms. The monoisotopic (exact) mass is 339 g/mol. The highest BCUT2D eigenvalue weighted by Gasteiger charge is 2.31. The molecule has 7 heteroatoms. The van der Waals surface area contributed by atoms with E-state index in [0.717, 1.165) is 39.1 Å². The van der Waals surface area contributed by atoms with Gasteiger partial charge < -0.3 is 9.64 Å². The lowest BCUT2D eigenvalue weighted by Gasteiger charge is -2.36. The quantitative estimate of drug-likeness (QED) is 0.734. The molecule has 128 valence electrons. The number of hydrogen-bond acceptors (Lipinski definition) is 5. The molecule has 0 unspecified atom stereocenters. The molecule has 1 aromatic carbocycles. The van der Waals surface area contributed by atoms with E-state index in [9.17, 15) is 8.42 Å². The van der Waals surface area contributed by atoms with E-state index in [-0.39, 0.29) is 5.25 Å². The van der Waals surface area contributed by atoms with Gasteiger partial charge in [-0.25, -0.2) is 13.1 Å². The summed E-state index contributed by atoms with van der Waals surface area (Å²) in [5.74, 6) is 0. The lowest BCUT2D eigenvalue weighted by molar-refractivity contribution is 0.0411. The first-order valence-electron chi connectivity index (χ1n) is 8.24. The fourth-order valence-electron chi connectivity index (χ4n) is 2.90. The first-order valence-corrected chi connectivity index (χ1v) is 9.78. The van der Waals surface area contributed by atoms with Crippen molar-refractivity contribution in [3.05, 3.63) is 30.3 Å². The van der Waals surface area contributed by atoms with Crippen LogP contribution in [0, 0.1) is 0 Å². The molecule has 0 aromatic heterocycles. The van der Waals surface area contributed by atoms with E-state index in [1.807, 2.05) is 6.07 Å². The van der Waals surface area contributed by atoms with Crippen LogP contribution in [0.5, 0.6) is 0 Å². The third kappa shape index (κ3) is 4.44. The van der Waals surface area contributed by atoms with Gasteiger partial charge in [-0.1, -0.05) is 18.2 Å². The molecule has 2 heterocycles. The summed E-state index contributed by atoms with van der Waals surface area (Å²) < 4.78 is 31.3. The number of nitrogens with one attached hydrogen (secondary N) is 1. The van der Waals surface area contributed by atoms with Gasteiger partial charge in [-0.05, 0) is 25.1 Å². The van der Waals surface area contributed by atoms with Crippen molar-refractivity contribution in [2.75, 3.05) is 57.4 Å². The van der Waals surface area contributed by atoms with Crippen LogP contribution in [-0.4, -0.2) is 71.0 Å². The van der Waals surface area contributed by atoms with Crippen molar-refractivity contribution in [3.8, 4) is 0 Å². The molecular weight excluding hydrogens is 314 g/mol. The molecule has 1 aromatic rings. The maximum Gasteiger partial charge on any atom is 0.219 e. The summed E-state index contributed by atoms with van der Waals surface area (Å²) in [4.78, 5) is 4.80. The summed E-state index contributed by atoms with van der Waals surface area (Å²) >= 11 is 0. The molecule has 1 N–H and O–H groups in total. The van der Waals surface area contributed by atoms with E-state index in [0.29, 0.717) is 19.8 Å². The average Bonchev–Trinajstić information content (AvgIpc) is 2.51. The van der Waals surface area contributed by atoms with Crippen LogP contribution in [0.25, 0.3) is 0 Å². The molecule has 23 heavy (non-hydrogen) atoms. The van der Waals surface area contributed by atoms with Gasteiger partial charge in [-0.2, -0.15) is 0 Å². The number of sulfonamides is 1. The Balaban J connectivity index is 1.33. The van der Waals surface area contributed by atoms with E-state index in [1.165, 1.54) is 5.69 Å². The number of piperazine rings is 1. The molecule has 0 spiro atoms. The summed E-state index contributed by atoms with van der Waals surface area (Å²) in [6.45, 7) is 6.21. The Hall–Kier alpha value is -1.15. The van der Waals surface area contributed by atoms with Crippen molar-refractivity contribution >= 4 is 15.7 Å². The lowest BCUT2D eigenvalue weighted by atomic mass is 10.2. The zero-order valence-corrected chi connectivity index (χ0v) is 14.2. The number of para-hydroxylation sites is 1. The highest BCUT2D eigenvalue weighted by atomic mass is 32.2. The van der Waals surface area contributed by atoms with E-state index in [1.54, 1.807) is 0 Å². The minimum atomic E-state index is -3.17. The number of rotatable bonds is 7.